The molecule has 0 saturated carbocycles. The molecule has 1 saturated heterocycles. The molecule has 20 heavy (non-hydrogen) atoms. The third-order valence-corrected chi connectivity index (χ3v) is 4.89. The van der Waals surface area contributed by atoms with Crippen LogP contribution < -0.4 is 10.6 Å². The minimum atomic E-state index is -0.648. The van der Waals surface area contributed by atoms with E-state index in [1.165, 1.54) is 7.11 Å². The standard InChI is InChI=1S/C12H12N2O4S2/c1-18-12(17)20-19-11-8(10(16)14-11)13-9(15)7-5-3-2-4-6-7/h2-6,8,11H,1H3,(H,13,15)(H,14,16)/t8-,11+/m0/s1. The molecular formula is C12H12N2O4S2. The molecule has 1 aromatic carbocycles. The molecule has 2 atom stereocenters. The second kappa shape index (κ2) is 6.67. The summed E-state index contributed by atoms with van der Waals surface area (Å²) in [4.78, 5) is 34.4. The van der Waals surface area contributed by atoms with Crippen LogP contribution in [0.4, 0.5) is 4.79 Å². The average Bonchev–Trinajstić information content (AvgIpc) is 2.49. The highest BCUT2D eigenvalue weighted by molar-refractivity contribution is 8.82. The molecule has 106 valence electrons. The Balaban J connectivity index is 1.89. The zero-order valence-corrected chi connectivity index (χ0v) is 12.1. The number of methoxy groups -OCH3 is 1. The summed E-state index contributed by atoms with van der Waals surface area (Å²) in [7, 11) is 3.30. The Bertz CT molecular complexity index is 523. The molecule has 2 amide bonds. The van der Waals surface area contributed by atoms with Crippen molar-refractivity contribution in [1.29, 1.82) is 0 Å². The highest BCUT2D eigenvalue weighted by Crippen LogP contribution is 2.32. The van der Waals surface area contributed by atoms with Crippen LogP contribution in [0.3, 0.4) is 0 Å². The van der Waals surface area contributed by atoms with Gasteiger partial charge >= 0.3 is 5.30 Å². The van der Waals surface area contributed by atoms with E-state index in [1.807, 2.05) is 0 Å². The first-order valence-corrected chi connectivity index (χ1v) is 7.90. The molecule has 1 aliphatic heterocycles. The minimum Gasteiger partial charge on any atom is -0.460 e. The highest BCUT2D eigenvalue weighted by atomic mass is 33.1. The lowest BCUT2D eigenvalue weighted by Gasteiger charge is -2.35. The number of carbonyl (C=O) groups is 3. The van der Waals surface area contributed by atoms with E-state index < -0.39 is 11.3 Å². The normalized spacial score (nSPS) is 20.6. The summed E-state index contributed by atoms with van der Waals surface area (Å²) in [6.07, 6.45) is 0. The second-order valence-corrected chi connectivity index (χ2v) is 6.16. The second-order valence-electron chi connectivity index (χ2n) is 3.88. The topological polar surface area (TPSA) is 84.5 Å². The van der Waals surface area contributed by atoms with Crippen molar-refractivity contribution in [2.75, 3.05) is 7.11 Å². The molecule has 0 bridgehead atoms. The molecule has 1 aromatic rings. The van der Waals surface area contributed by atoms with Crippen LogP contribution in [0.25, 0.3) is 0 Å². The van der Waals surface area contributed by atoms with Gasteiger partial charge in [0.2, 0.25) is 5.91 Å². The Labute approximate surface area is 123 Å². The fourth-order valence-electron chi connectivity index (χ4n) is 1.51. The lowest BCUT2D eigenvalue weighted by molar-refractivity contribution is -0.129. The fraction of sp³-hybridized carbons (Fsp3) is 0.250. The summed E-state index contributed by atoms with van der Waals surface area (Å²) in [6, 6.07) is 7.97. The Morgan fingerprint density at radius 2 is 2.00 bits per heavy atom. The van der Waals surface area contributed by atoms with E-state index in [2.05, 4.69) is 15.4 Å². The zero-order valence-electron chi connectivity index (χ0n) is 10.5. The van der Waals surface area contributed by atoms with Gasteiger partial charge in [-0.15, -0.1) is 0 Å². The van der Waals surface area contributed by atoms with Crippen LogP contribution in [0, 0.1) is 0 Å². The number of amides is 2. The summed E-state index contributed by atoms with van der Waals surface area (Å²) in [5.41, 5.74) is 0.483. The first-order valence-electron chi connectivity index (χ1n) is 5.69. The average molecular weight is 312 g/mol. The molecule has 0 spiro atoms. The van der Waals surface area contributed by atoms with Gasteiger partial charge in [-0.25, -0.2) is 4.79 Å². The number of rotatable bonds is 4. The Hall–Kier alpha value is -1.67. The Kier molecular flexibility index (Phi) is 4.91. The van der Waals surface area contributed by atoms with Gasteiger partial charge in [0, 0.05) is 16.4 Å². The summed E-state index contributed by atoms with van der Waals surface area (Å²) in [5, 5.41) is 4.44. The third-order valence-electron chi connectivity index (χ3n) is 2.58. The van der Waals surface area contributed by atoms with Gasteiger partial charge < -0.3 is 15.4 Å². The summed E-state index contributed by atoms with van der Waals surface area (Å²) < 4.78 is 4.48. The van der Waals surface area contributed by atoms with Gasteiger partial charge in [0.25, 0.3) is 5.91 Å². The van der Waals surface area contributed by atoms with E-state index in [-0.39, 0.29) is 17.2 Å². The molecule has 0 aliphatic carbocycles. The van der Waals surface area contributed by atoms with Gasteiger partial charge in [0.15, 0.2) is 0 Å². The van der Waals surface area contributed by atoms with Gasteiger partial charge in [-0.2, -0.15) is 0 Å². The van der Waals surface area contributed by atoms with Crippen molar-refractivity contribution in [1.82, 2.24) is 10.6 Å². The van der Waals surface area contributed by atoms with E-state index in [1.54, 1.807) is 30.3 Å². The Morgan fingerprint density at radius 1 is 1.30 bits per heavy atom. The quantitative estimate of drug-likeness (QED) is 0.496. The lowest BCUT2D eigenvalue weighted by Crippen LogP contribution is -2.67. The fourth-order valence-corrected chi connectivity index (χ4v) is 3.46. The van der Waals surface area contributed by atoms with E-state index in [0.717, 1.165) is 21.6 Å². The van der Waals surface area contributed by atoms with Crippen molar-refractivity contribution in [2.45, 2.75) is 11.4 Å². The predicted octanol–water partition coefficient (Wildman–Crippen LogP) is 1.39. The SMILES string of the molecule is COC(=O)SS[C@H]1NC(=O)[C@@H]1NC(=O)c1ccccc1. The van der Waals surface area contributed by atoms with Crippen molar-refractivity contribution in [2.24, 2.45) is 0 Å². The predicted molar refractivity (Wildman–Crippen MR) is 77.2 cm³/mol. The van der Waals surface area contributed by atoms with E-state index in [4.69, 9.17) is 0 Å². The van der Waals surface area contributed by atoms with Crippen molar-refractivity contribution in [3.05, 3.63) is 35.9 Å². The smallest absolute Gasteiger partial charge is 0.377 e. The number of nitrogens with one attached hydrogen (secondary N) is 2. The number of β-lactam (4-membered cyclic amide) rings is 1. The molecule has 1 aliphatic rings. The molecule has 2 rings (SSSR count). The van der Waals surface area contributed by atoms with E-state index >= 15 is 0 Å². The molecule has 6 nitrogen and oxygen atoms in total. The van der Waals surface area contributed by atoms with Gasteiger partial charge in [-0.1, -0.05) is 29.0 Å². The number of carbonyl (C=O) groups excluding carboxylic acids is 3. The maximum absolute atomic E-state index is 11.9. The summed E-state index contributed by atoms with van der Waals surface area (Å²) >= 11 is 0. The first kappa shape index (κ1) is 14.7. The number of benzene rings is 1. The molecule has 1 heterocycles. The molecule has 1 fully saturated rings. The van der Waals surface area contributed by atoms with Crippen LogP contribution in [-0.2, 0) is 9.53 Å². The van der Waals surface area contributed by atoms with Gasteiger partial charge in [0.05, 0.1) is 7.11 Å². The van der Waals surface area contributed by atoms with Crippen LogP contribution in [-0.4, -0.2) is 35.6 Å². The molecule has 8 heteroatoms. The zero-order chi connectivity index (χ0) is 14.5. The summed E-state index contributed by atoms with van der Waals surface area (Å²) in [5.74, 6) is -0.587. The number of hydrogen-bond donors (Lipinski definition) is 2. The van der Waals surface area contributed by atoms with Crippen LogP contribution in [0.1, 0.15) is 10.4 Å². The molecule has 0 aromatic heterocycles. The van der Waals surface area contributed by atoms with Gasteiger partial charge in [0.1, 0.15) is 11.4 Å². The van der Waals surface area contributed by atoms with Crippen molar-refractivity contribution < 1.29 is 19.1 Å². The number of hydrogen-bond acceptors (Lipinski definition) is 6. The third kappa shape index (κ3) is 3.45. The molecule has 2 N–H and O–H groups in total. The highest BCUT2D eigenvalue weighted by Gasteiger charge is 2.41. The molecule has 0 radical (unpaired) electrons. The maximum atomic E-state index is 11.9. The monoisotopic (exact) mass is 312 g/mol. The number of ether oxygens (including phenoxy) is 1. The minimum absolute atomic E-state index is 0.266. The molecule has 0 unspecified atom stereocenters. The largest absolute Gasteiger partial charge is 0.460 e. The van der Waals surface area contributed by atoms with Crippen molar-refractivity contribution >= 4 is 38.7 Å². The maximum Gasteiger partial charge on any atom is 0.377 e. The van der Waals surface area contributed by atoms with Crippen LogP contribution in [0.2, 0.25) is 0 Å². The van der Waals surface area contributed by atoms with Crippen LogP contribution in [0.5, 0.6) is 0 Å². The summed E-state index contributed by atoms with van der Waals surface area (Å²) in [6.45, 7) is 0. The van der Waals surface area contributed by atoms with Crippen molar-refractivity contribution in [3.8, 4) is 0 Å². The van der Waals surface area contributed by atoms with Crippen LogP contribution in [0.15, 0.2) is 30.3 Å². The van der Waals surface area contributed by atoms with Crippen LogP contribution >= 0.6 is 21.6 Å². The lowest BCUT2D eigenvalue weighted by atomic mass is 10.1. The van der Waals surface area contributed by atoms with Crippen molar-refractivity contribution in [3.63, 3.8) is 0 Å². The van der Waals surface area contributed by atoms with Gasteiger partial charge in [-0.05, 0) is 12.1 Å². The molecular weight excluding hydrogens is 300 g/mol. The van der Waals surface area contributed by atoms with Gasteiger partial charge in [-0.3, -0.25) is 9.59 Å². The Morgan fingerprint density at radius 3 is 2.60 bits per heavy atom. The van der Waals surface area contributed by atoms with E-state index in [0.29, 0.717) is 5.56 Å². The van der Waals surface area contributed by atoms with E-state index in [9.17, 15) is 14.4 Å². The first-order chi connectivity index (χ1) is 9.61.